The minimum Gasteiger partial charge on any atom is -0.376 e. The van der Waals surface area contributed by atoms with Crippen LogP contribution in [0.15, 0.2) is 18.5 Å². The van der Waals surface area contributed by atoms with Gasteiger partial charge >= 0.3 is 0 Å². The van der Waals surface area contributed by atoms with Gasteiger partial charge in [0.15, 0.2) is 0 Å². The molecule has 1 fully saturated rings. The second-order valence-corrected chi connectivity index (χ2v) is 4.63. The Hall–Kier alpha value is -1.53. The zero-order valence-corrected chi connectivity index (χ0v) is 11.4. The van der Waals surface area contributed by atoms with Gasteiger partial charge in [0.1, 0.15) is 0 Å². The summed E-state index contributed by atoms with van der Waals surface area (Å²) in [6.45, 7) is 6.24. The summed E-state index contributed by atoms with van der Waals surface area (Å²) >= 11 is 0. The standard InChI is InChI=1S/C13H20N4O2/c1-3-11-9-17(7-8-19-11)10(2)12(18)16-13-14-5-4-6-15-13/h4-6,10-11H,3,7-9H2,1-2H3,(H,14,15,16,18)/t10-,11-/m1/s1. The van der Waals surface area contributed by atoms with E-state index in [-0.39, 0.29) is 18.1 Å². The minimum atomic E-state index is -0.207. The Kier molecular flexibility index (Phi) is 4.81. The van der Waals surface area contributed by atoms with Crippen molar-refractivity contribution in [2.24, 2.45) is 0 Å². The lowest BCUT2D eigenvalue weighted by Crippen LogP contribution is -2.50. The molecule has 104 valence electrons. The summed E-state index contributed by atoms with van der Waals surface area (Å²) < 4.78 is 5.61. The molecule has 1 aliphatic heterocycles. The first-order valence-electron chi connectivity index (χ1n) is 6.64. The maximum atomic E-state index is 12.1. The molecule has 1 aromatic rings. The normalized spacial score (nSPS) is 21.9. The maximum Gasteiger partial charge on any atom is 0.243 e. The first kappa shape index (κ1) is 13.9. The molecule has 0 aliphatic carbocycles. The lowest BCUT2D eigenvalue weighted by atomic mass is 10.1. The first-order chi connectivity index (χ1) is 9.20. The Balaban J connectivity index is 1.91. The Morgan fingerprint density at radius 1 is 1.58 bits per heavy atom. The third-order valence-electron chi connectivity index (χ3n) is 3.35. The van der Waals surface area contributed by atoms with Crippen LogP contribution in [-0.2, 0) is 9.53 Å². The van der Waals surface area contributed by atoms with Crippen LogP contribution in [0.3, 0.4) is 0 Å². The van der Waals surface area contributed by atoms with E-state index in [2.05, 4.69) is 27.1 Å². The van der Waals surface area contributed by atoms with Crippen molar-refractivity contribution >= 4 is 11.9 Å². The van der Waals surface area contributed by atoms with E-state index in [1.165, 1.54) is 0 Å². The average Bonchev–Trinajstić information content (AvgIpc) is 2.47. The minimum absolute atomic E-state index is 0.0806. The first-order valence-corrected chi connectivity index (χ1v) is 6.64. The van der Waals surface area contributed by atoms with Crippen LogP contribution in [0, 0.1) is 0 Å². The Labute approximate surface area is 113 Å². The molecule has 1 aliphatic rings. The number of hydrogen-bond donors (Lipinski definition) is 1. The number of rotatable bonds is 4. The molecular weight excluding hydrogens is 244 g/mol. The van der Waals surface area contributed by atoms with Crippen LogP contribution >= 0.6 is 0 Å². The molecule has 1 N–H and O–H groups in total. The number of nitrogens with one attached hydrogen (secondary N) is 1. The summed E-state index contributed by atoms with van der Waals surface area (Å²) in [5.74, 6) is 0.266. The van der Waals surface area contributed by atoms with Crippen molar-refractivity contribution < 1.29 is 9.53 Å². The van der Waals surface area contributed by atoms with E-state index >= 15 is 0 Å². The highest BCUT2D eigenvalue weighted by molar-refractivity contribution is 5.93. The van der Waals surface area contributed by atoms with Crippen molar-refractivity contribution in [1.82, 2.24) is 14.9 Å². The van der Waals surface area contributed by atoms with Gasteiger partial charge in [-0.05, 0) is 19.4 Å². The van der Waals surface area contributed by atoms with Crippen molar-refractivity contribution in [2.75, 3.05) is 25.0 Å². The molecule has 1 amide bonds. The third kappa shape index (κ3) is 3.71. The molecule has 0 unspecified atom stereocenters. The predicted molar refractivity (Wildman–Crippen MR) is 71.7 cm³/mol. The van der Waals surface area contributed by atoms with Crippen LogP contribution in [0.4, 0.5) is 5.95 Å². The number of hydrogen-bond acceptors (Lipinski definition) is 5. The molecule has 2 atom stereocenters. The van der Waals surface area contributed by atoms with Crippen LogP contribution in [0.1, 0.15) is 20.3 Å². The van der Waals surface area contributed by atoms with Crippen molar-refractivity contribution in [1.29, 1.82) is 0 Å². The highest BCUT2D eigenvalue weighted by Crippen LogP contribution is 2.12. The van der Waals surface area contributed by atoms with Gasteiger partial charge in [-0.15, -0.1) is 0 Å². The molecule has 6 nitrogen and oxygen atoms in total. The highest BCUT2D eigenvalue weighted by Gasteiger charge is 2.27. The van der Waals surface area contributed by atoms with Crippen molar-refractivity contribution in [2.45, 2.75) is 32.4 Å². The van der Waals surface area contributed by atoms with E-state index < -0.39 is 0 Å². The fourth-order valence-corrected chi connectivity index (χ4v) is 2.08. The van der Waals surface area contributed by atoms with Crippen molar-refractivity contribution in [3.8, 4) is 0 Å². The van der Waals surface area contributed by atoms with Crippen LogP contribution in [0.5, 0.6) is 0 Å². The van der Waals surface area contributed by atoms with Gasteiger partial charge in [0.05, 0.1) is 18.8 Å². The number of carbonyl (C=O) groups excluding carboxylic acids is 1. The van der Waals surface area contributed by atoms with Gasteiger partial charge in [0.2, 0.25) is 11.9 Å². The second kappa shape index (κ2) is 6.58. The summed E-state index contributed by atoms with van der Waals surface area (Å²) in [7, 11) is 0. The predicted octanol–water partition coefficient (Wildman–Crippen LogP) is 0.914. The number of morpholine rings is 1. The lowest BCUT2D eigenvalue weighted by molar-refractivity contribution is -0.124. The third-order valence-corrected chi connectivity index (χ3v) is 3.35. The van der Waals surface area contributed by atoms with Gasteiger partial charge in [-0.1, -0.05) is 6.92 Å². The largest absolute Gasteiger partial charge is 0.376 e. The van der Waals surface area contributed by atoms with E-state index in [0.29, 0.717) is 12.6 Å². The quantitative estimate of drug-likeness (QED) is 0.875. The SMILES string of the molecule is CC[C@@H]1CN([C@H](C)C(=O)Nc2ncccn2)CCO1. The van der Waals surface area contributed by atoms with Gasteiger partial charge in [0.25, 0.3) is 0 Å². The number of ether oxygens (including phenoxy) is 1. The molecule has 0 saturated carbocycles. The van der Waals surface area contributed by atoms with E-state index in [9.17, 15) is 4.79 Å². The summed E-state index contributed by atoms with van der Waals surface area (Å²) in [6, 6.07) is 1.51. The molecule has 19 heavy (non-hydrogen) atoms. The number of nitrogens with zero attached hydrogens (tertiary/aromatic N) is 3. The molecule has 0 bridgehead atoms. The Morgan fingerprint density at radius 2 is 2.32 bits per heavy atom. The number of anilines is 1. The molecule has 0 aromatic carbocycles. The molecule has 0 spiro atoms. The topological polar surface area (TPSA) is 67.4 Å². The summed E-state index contributed by atoms with van der Waals surface area (Å²) in [5, 5.41) is 2.73. The molecule has 2 rings (SSSR count). The highest BCUT2D eigenvalue weighted by atomic mass is 16.5. The summed E-state index contributed by atoms with van der Waals surface area (Å²) in [4.78, 5) is 22.3. The molecule has 6 heteroatoms. The van der Waals surface area contributed by atoms with Gasteiger partial charge in [-0.2, -0.15) is 0 Å². The summed E-state index contributed by atoms with van der Waals surface area (Å²) in [6.07, 6.45) is 4.40. The Morgan fingerprint density at radius 3 is 3.00 bits per heavy atom. The fraction of sp³-hybridized carbons (Fsp3) is 0.615. The monoisotopic (exact) mass is 264 g/mol. The number of amides is 1. The van der Waals surface area contributed by atoms with E-state index in [4.69, 9.17) is 4.74 Å². The van der Waals surface area contributed by atoms with Crippen LogP contribution in [-0.4, -0.2) is 52.6 Å². The zero-order chi connectivity index (χ0) is 13.7. The lowest BCUT2D eigenvalue weighted by Gasteiger charge is -2.35. The van der Waals surface area contributed by atoms with E-state index in [1.807, 2.05) is 6.92 Å². The zero-order valence-electron chi connectivity index (χ0n) is 11.4. The number of aromatic nitrogens is 2. The van der Waals surface area contributed by atoms with E-state index in [0.717, 1.165) is 19.5 Å². The van der Waals surface area contributed by atoms with Gasteiger partial charge in [-0.3, -0.25) is 15.0 Å². The van der Waals surface area contributed by atoms with E-state index in [1.54, 1.807) is 18.5 Å². The molecule has 1 aromatic heterocycles. The molecule has 2 heterocycles. The average molecular weight is 264 g/mol. The van der Waals surface area contributed by atoms with Crippen LogP contribution < -0.4 is 5.32 Å². The molecular formula is C13H20N4O2. The smallest absolute Gasteiger partial charge is 0.243 e. The van der Waals surface area contributed by atoms with Crippen LogP contribution in [0.2, 0.25) is 0 Å². The van der Waals surface area contributed by atoms with Crippen molar-refractivity contribution in [3.63, 3.8) is 0 Å². The second-order valence-electron chi connectivity index (χ2n) is 4.63. The van der Waals surface area contributed by atoms with Crippen molar-refractivity contribution in [3.05, 3.63) is 18.5 Å². The molecule has 1 saturated heterocycles. The maximum absolute atomic E-state index is 12.1. The molecule has 0 radical (unpaired) electrons. The Bertz CT molecular complexity index is 412. The number of carbonyl (C=O) groups is 1. The fourth-order valence-electron chi connectivity index (χ4n) is 2.08. The van der Waals surface area contributed by atoms with Gasteiger partial charge < -0.3 is 4.74 Å². The van der Waals surface area contributed by atoms with Gasteiger partial charge in [-0.25, -0.2) is 9.97 Å². The van der Waals surface area contributed by atoms with Crippen LogP contribution in [0.25, 0.3) is 0 Å². The van der Waals surface area contributed by atoms with Gasteiger partial charge in [0, 0.05) is 25.5 Å². The summed E-state index contributed by atoms with van der Waals surface area (Å²) in [5.41, 5.74) is 0.